The number of hydrogen-bond donors (Lipinski definition) is 1. The van der Waals surface area contributed by atoms with Crippen molar-refractivity contribution < 1.29 is 26.9 Å². The van der Waals surface area contributed by atoms with Crippen LogP contribution in [0.2, 0.25) is 0 Å². The number of ether oxygens (including phenoxy) is 2. The van der Waals surface area contributed by atoms with Crippen LogP contribution >= 0.6 is 11.3 Å². The molecule has 0 aliphatic rings. The van der Waals surface area contributed by atoms with E-state index in [4.69, 9.17) is 15.2 Å². The van der Waals surface area contributed by atoms with Crippen molar-refractivity contribution in [3.8, 4) is 22.6 Å². The van der Waals surface area contributed by atoms with Crippen LogP contribution in [0.1, 0.15) is 11.1 Å². The Morgan fingerprint density at radius 2 is 1.77 bits per heavy atom. The number of rotatable bonds is 8. The number of halogens is 3. The molecule has 0 bridgehead atoms. The smallest absolute Gasteiger partial charge is 0.416 e. The molecule has 0 amide bonds. The van der Waals surface area contributed by atoms with Crippen molar-refractivity contribution in [1.29, 1.82) is 0 Å². The first-order valence-electron chi connectivity index (χ1n) is 11.9. The van der Waals surface area contributed by atoms with E-state index < -0.39 is 22.7 Å². The normalized spacial score (nSPS) is 12.3. The summed E-state index contributed by atoms with van der Waals surface area (Å²) in [6.07, 6.45) is -1.45. The van der Waals surface area contributed by atoms with Gasteiger partial charge in [-0.3, -0.25) is 9.29 Å². The van der Waals surface area contributed by atoms with Crippen molar-refractivity contribution in [3.05, 3.63) is 89.6 Å². The lowest BCUT2D eigenvalue weighted by molar-refractivity contribution is -0.137. The van der Waals surface area contributed by atoms with Crippen molar-refractivity contribution in [3.63, 3.8) is 0 Å². The van der Waals surface area contributed by atoms with Gasteiger partial charge in [-0.25, -0.2) is 9.19 Å². The molecule has 1 unspecified atom stereocenters. The number of benzene rings is 3. The average molecular weight is 585 g/mol. The predicted molar refractivity (Wildman–Crippen MR) is 151 cm³/mol. The molecule has 5 rings (SSSR count). The SMILES string of the molecule is COc1ccc(CN(c2nccs2)S(=O)c2ccc3c(-c4ccc(C(F)(F)F)cc4OC)c(N)cnc3c2)cc1. The van der Waals surface area contributed by atoms with Crippen LogP contribution in [0.5, 0.6) is 11.5 Å². The molecule has 2 heterocycles. The summed E-state index contributed by atoms with van der Waals surface area (Å²) in [6, 6.07) is 15.8. The molecule has 0 radical (unpaired) electrons. The monoisotopic (exact) mass is 584 g/mol. The summed E-state index contributed by atoms with van der Waals surface area (Å²) in [6.45, 7) is 0.325. The fourth-order valence-corrected chi connectivity index (χ4v) is 6.22. The van der Waals surface area contributed by atoms with Crippen molar-refractivity contribution in [2.24, 2.45) is 0 Å². The summed E-state index contributed by atoms with van der Waals surface area (Å²) >= 11 is 1.36. The quantitative estimate of drug-likeness (QED) is 0.218. The Hall–Kier alpha value is -4.16. The van der Waals surface area contributed by atoms with Gasteiger partial charge in [0.25, 0.3) is 0 Å². The standard InChI is InChI=1S/C28H23F3N4O3S2/c1-37-19-6-3-17(4-7-19)16-35(27-33-11-12-39-27)40(36)20-8-10-21-24(14-20)34-15-23(32)26(21)22-9-5-18(28(29,30)31)13-25(22)38-2/h3-15H,16,32H2,1-2H3. The number of nitrogens with two attached hydrogens (primary N) is 1. The van der Waals surface area contributed by atoms with Gasteiger partial charge in [-0.2, -0.15) is 13.2 Å². The second-order valence-corrected chi connectivity index (χ2v) is 10.9. The van der Waals surface area contributed by atoms with Gasteiger partial charge in [-0.05, 0) is 48.0 Å². The number of fused-ring (bicyclic) bond motifs is 1. The molecule has 2 N–H and O–H groups in total. The van der Waals surface area contributed by atoms with E-state index >= 15 is 0 Å². The second kappa shape index (κ2) is 11.1. The number of anilines is 2. The number of thiazole rings is 1. The van der Waals surface area contributed by atoms with E-state index in [1.807, 2.05) is 29.6 Å². The summed E-state index contributed by atoms with van der Waals surface area (Å²) in [5.41, 5.74) is 7.94. The van der Waals surface area contributed by atoms with Gasteiger partial charge in [-0.1, -0.05) is 18.2 Å². The van der Waals surface area contributed by atoms with Crippen LogP contribution in [0.4, 0.5) is 24.0 Å². The molecule has 0 saturated heterocycles. The average Bonchev–Trinajstić information content (AvgIpc) is 3.49. The number of alkyl halides is 3. The molecule has 0 fully saturated rings. The zero-order valence-electron chi connectivity index (χ0n) is 21.3. The maximum atomic E-state index is 13.9. The third-order valence-corrected chi connectivity index (χ3v) is 8.46. The second-order valence-electron chi connectivity index (χ2n) is 8.63. The molecule has 1 atom stereocenters. The van der Waals surface area contributed by atoms with E-state index in [1.165, 1.54) is 30.7 Å². The Morgan fingerprint density at radius 1 is 1.00 bits per heavy atom. The van der Waals surface area contributed by atoms with E-state index in [-0.39, 0.29) is 11.4 Å². The van der Waals surface area contributed by atoms with E-state index in [1.54, 1.807) is 35.8 Å². The lowest BCUT2D eigenvalue weighted by Gasteiger charge is -2.21. The highest BCUT2D eigenvalue weighted by Gasteiger charge is 2.31. The molecule has 206 valence electrons. The molecule has 2 aromatic heterocycles. The van der Waals surface area contributed by atoms with Gasteiger partial charge in [-0.15, -0.1) is 11.3 Å². The molecule has 3 aromatic carbocycles. The molecule has 0 aliphatic carbocycles. The molecule has 0 aliphatic heterocycles. The number of nitrogens with zero attached hydrogens (tertiary/aromatic N) is 3. The Balaban J connectivity index is 1.55. The Kier molecular flexibility index (Phi) is 7.63. The molecule has 12 heteroatoms. The Labute approximate surface area is 234 Å². The maximum absolute atomic E-state index is 13.9. The van der Waals surface area contributed by atoms with Gasteiger partial charge in [0.05, 0.1) is 48.6 Å². The van der Waals surface area contributed by atoms with Gasteiger partial charge < -0.3 is 15.2 Å². The minimum Gasteiger partial charge on any atom is -0.497 e. The van der Waals surface area contributed by atoms with E-state index in [2.05, 4.69) is 9.97 Å². The van der Waals surface area contributed by atoms with Crippen LogP contribution in [0.3, 0.4) is 0 Å². The van der Waals surface area contributed by atoms with Crippen molar-refractivity contribution in [2.45, 2.75) is 17.6 Å². The lowest BCUT2D eigenvalue weighted by Crippen LogP contribution is -2.25. The first kappa shape index (κ1) is 27.4. The first-order chi connectivity index (χ1) is 19.2. The third kappa shape index (κ3) is 5.45. The summed E-state index contributed by atoms with van der Waals surface area (Å²) in [5.74, 6) is 0.738. The summed E-state index contributed by atoms with van der Waals surface area (Å²) in [4.78, 5) is 9.26. The fraction of sp³-hybridized carbons (Fsp3) is 0.143. The Bertz CT molecular complexity index is 1680. The zero-order chi connectivity index (χ0) is 28.4. The van der Waals surface area contributed by atoms with Crippen LogP contribution in [0.25, 0.3) is 22.0 Å². The largest absolute Gasteiger partial charge is 0.497 e. The highest BCUT2D eigenvalue weighted by atomic mass is 32.2. The molecule has 5 aromatic rings. The fourth-order valence-electron chi connectivity index (χ4n) is 4.23. The van der Waals surface area contributed by atoms with Crippen molar-refractivity contribution in [2.75, 3.05) is 24.3 Å². The van der Waals surface area contributed by atoms with Crippen molar-refractivity contribution in [1.82, 2.24) is 9.97 Å². The Morgan fingerprint density at radius 3 is 2.42 bits per heavy atom. The zero-order valence-corrected chi connectivity index (χ0v) is 22.9. The van der Waals surface area contributed by atoms with Crippen molar-refractivity contribution >= 4 is 44.0 Å². The topological polar surface area (TPSA) is 90.6 Å². The van der Waals surface area contributed by atoms with Gasteiger partial charge >= 0.3 is 6.18 Å². The summed E-state index contributed by atoms with van der Waals surface area (Å²) in [5, 5.41) is 2.96. The summed E-state index contributed by atoms with van der Waals surface area (Å²) in [7, 11) is 1.23. The maximum Gasteiger partial charge on any atom is 0.416 e. The predicted octanol–water partition coefficient (Wildman–Crippen LogP) is 6.71. The minimum absolute atomic E-state index is 0.0242. The van der Waals surface area contributed by atoms with Crippen LogP contribution in [-0.4, -0.2) is 28.4 Å². The molecule has 0 spiro atoms. The van der Waals surface area contributed by atoms with E-state index in [9.17, 15) is 17.4 Å². The number of hydrogen-bond acceptors (Lipinski definition) is 7. The molecule has 7 nitrogen and oxygen atoms in total. The molecule has 0 saturated carbocycles. The molecular formula is C28H23F3N4O3S2. The van der Waals surface area contributed by atoms with Gasteiger partial charge in [0.2, 0.25) is 0 Å². The number of pyridine rings is 1. The van der Waals surface area contributed by atoms with Crippen LogP contribution in [-0.2, 0) is 23.7 Å². The number of methoxy groups -OCH3 is 2. The summed E-state index contributed by atoms with van der Waals surface area (Å²) < 4.78 is 66.0. The molecular weight excluding hydrogens is 561 g/mol. The van der Waals surface area contributed by atoms with Gasteiger partial charge in [0.1, 0.15) is 11.5 Å². The molecule has 40 heavy (non-hydrogen) atoms. The lowest BCUT2D eigenvalue weighted by atomic mass is 9.97. The van der Waals surface area contributed by atoms with Crippen LogP contribution in [0, 0.1) is 0 Å². The number of nitrogen functional groups attached to an aromatic ring is 1. The van der Waals surface area contributed by atoms with E-state index in [0.29, 0.717) is 44.4 Å². The number of aromatic nitrogens is 2. The van der Waals surface area contributed by atoms with Gasteiger partial charge in [0.15, 0.2) is 16.1 Å². The van der Waals surface area contributed by atoms with Gasteiger partial charge in [0, 0.05) is 28.1 Å². The van der Waals surface area contributed by atoms with Crippen LogP contribution in [0.15, 0.2) is 83.3 Å². The van der Waals surface area contributed by atoms with Crippen LogP contribution < -0.4 is 19.5 Å². The third-order valence-electron chi connectivity index (χ3n) is 6.19. The first-order valence-corrected chi connectivity index (χ1v) is 13.8. The van der Waals surface area contributed by atoms with E-state index in [0.717, 1.165) is 17.7 Å². The highest BCUT2D eigenvalue weighted by Crippen LogP contribution is 2.42. The highest BCUT2D eigenvalue weighted by molar-refractivity contribution is 7.86. The minimum atomic E-state index is -4.52.